The van der Waals surface area contributed by atoms with Crippen LogP contribution in [0.4, 0.5) is 5.69 Å². The molecule has 0 unspecified atom stereocenters. The topological polar surface area (TPSA) is 68.0 Å². The Labute approximate surface area is 93.5 Å². The van der Waals surface area contributed by atoms with E-state index >= 15 is 0 Å². The Bertz CT molecular complexity index is 510. The van der Waals surface area contributed by atoms with Crippen LogP contribution in [0.1, 0.15) is 6.42 Å². The van der Waals surface area contributed by atoms with Gasteiger partial charge in [-0.25, -0.2) is 0 Å². The molecule has 4 heteroatoms. The summed E-state index contributed by atoms with van der Waals surface area (Å²) in [5.74, 6) is -0.0641. The highest BCUT2D eigenvalue weighted by atomic mass is 16.1. The average Bonchev–Trinajstić information content (AvgIpc) is 2.29. The first-order valence-electron chi connectivity index (χ1n) is 5.14. The maximum absolute atomic E-state index is 11.3. The van der Waals surface area contributed by atoms with Crippen molar-refractivity contribution in [2.75, 3.05) is 11.9 Å². The molecule has 0 aliphatic heterocycles. The quantitative estimate of drug-likeness (QED) is 0.815. The largest absolute Gasteiger partial charge is 0.330 e. The summed E-state index contributed by atoms with van der Waals surface area (Å²) in [5.41, 5.74) is 7.00. The molecule has 0 spiro atoms. The molecule has 16 heavy (non-hydrogen) atoms. The van der Waals surface area contributed by atoms with E-state index in [2.05, 4.69) is 10.3 Å². The zero-order valence-electron chi connectivity index (χ0n) is 8.81. The highest BCUT2D eigenvalue weighted by Crippen LogP contribution is 2.16. The molecule has 2 aromatic rings. The van der Waals surface area contributed by atoms with Crippen molar-refractivity contribution < 1.29 is 4.79 Å². The molecule has 4 nitrogen and oxygen atoms in total. The van der Waals surface area contributed by atoms with E-state index in [1.54, 1.807) is 6.20 Å². The van der Waals surface area contributed by atoms with Gasteiger partial charge in [0.25, 0.3) is 0 Å². The number of fused-ring (bicyclic) bond motifs is 1. The molecule has 0 aliphatic carbocycles. The van der Waals surface area contributed by atoms with Crippen LogP contribution in [0.3, 0.4) is 0 Å². The summed E-state index contributed by atoms with van der Waals surface area (Å²) in [4.78, 5) is 15.5. The summed E-state index contributed by atoms with van der Waals surface area (Å²) < 4.78 is 0. The second-order valence-electron chi connectivity index (χ2n) is 3.50. The van der Waals surface area contributed by atoms with Gasteiger partial charge in [0.15, 0.2) is 0 Å². The normalized spacial score (nSPS) is 10.3. The number of nitrogens with zero attached hydrogens (tertiary/aromatic N) is 1. The van der Waals surface area contributed by atoms with Gasteiger partial charge in [-0.3, -0.25) is 9.78 Å². The molecule has 0 fully saturated rings. The number of benzene rings is 1. The molecule has 3 N–H and O–H groups in total. The van der Waals surface area contributed by atoms with Gasteiger partial charge in [-0.15, -0.1) is 0 Å². The molecule has 0 saturated carbocycles. The van der Waals surface area contributed by atoms with Gasteiger partial charge >= 0.3 is 0 Å². The number of amides is 1. The van der Waals surface area contributed by atoms with Crippen LogP contribution in [0.15, 0.2) is 36.5 Å². The van der Waals surface area contributed by atoms with Crippen molar-refractivity contribution in [3.63, 3.8) is 0 Å². The van der Waals surface area contributed by atoms with Crippen LogP contribution >= 0.6 is 0 Å². The summed E-state index contributed by atoms with van der Waals surface area (Å²) in [6, 6.07) is 9.45. The minimum atomic E-state index is -0.0641. The Morgan fingerprint density at radius 1 is 1.38 bits per heavy atom. The number of pyridine rings is 1. The smallest absolute Gasteiger partial charge is 0.225 e. The maximum Gasteiger partial charge on any atom is 0.225 e. The van der Waals surface area contributed by atoms with Crippen molar-refractivity contribution in [2.45, 2.75) is 6.42 Å². The van der Waals surface area contributed by atoms with Crippen LogP contribution in [0.25, 0.3) is 10.9 Å². The van der Waals surface area contributed by atoms with E-state index in [1.165, 1.54) is 0 Å². The number of hydrogen-bond acceptors (Lipinski definition) is 3. The highest BCUT2D eigenvalue weighted by Gasteiger charge is 2.01. The molecule has 0 atom stereocenters. The van der Waals surface area contributed by atoms with Gasteiger partial charge in [-0.1, -0.05) is 6.07 Å². The van der Waals surface area contributed by atoms with Gasteiger partial charge in [-0.05, 0) is 24.3 Å². The molecule has 1 amide bonds. The van der Waals surface area contributed by atoms with Gasteiger partial charge in [0.1, 0.15) is 0 Å². The summed E-state index contributed by atoms with van der Waals surface area (Å²) in [5, 5.41) is 3.80. The second-order valence-corrected chi connectivity index (χ2v) is 3.50. The number of nitrogens with two attached hydrogens (primary N) is 1. The standard InChI is InChI=1S/C12H13N3O/c13-6-5-12(16)15-10-3-4-11-9(8-10)2-1-7-14-11/h1-4,7-8H,5-6,13H2,(H,15,16). The molecule has 1 aromatic carbocycles. The molecule has 1 heterocycles. The number of aromatic nitrogens is 1. The van der Waals surface area contributed by atoms with Crippen molar-refractivity contribution in [2.24, 2.45) is 5.73 Å². The monoisotopic (exact) mass is 215 g/mol. The molecule has 82 valence electrons. The van der Waals surface area contributed by atoms with E-state index < -0.39 is 0 Å². The highest BCUT2D eigenvalue weighted by molar-refractivity contribution is 5.93. The molecular weight excluding hydrogens is 202 g/mol. The summed E-state index contributed by atoms with van der Waals surface area (Å²) >= 11 is 0. The third-order valence-electron chi connectivity index (χ3n) is 2.26. The minimum absolute atomic E-state index is 0.0641. The van der Waals surface area contributed by atoms with E-state index in [9.17, 15) is 4.79 Å². The van der Waals surface area contributed by atoms with Gasteiger partial charge < -0.3 is 11.1 Å². The summed E-state index contributed by atoms with van der Waals surface area (Å²) in [6.07, 6.45) is 2.08. The Hall–Kier alpha value is -1.94. The van der Waals surface area contributed by atoms with Crippen LogP contribution in [-0.4, -0.2) is 17.4 Å². The minimum Gasteiger partial charge on any atom is -0.330 e. The second kappa shape index (κ2) is 4.72. The zero-order chi connectivity index (χ0) is 11.4. The van der Waals surface area contributed by atoms with Gasteiger partial charge in [0.05, 0.1) is 5.52 Å². The van der Waals surface area contributed by atoms with E-state index in [1.807, 2.05) is 30.3 Å². The number of carbonyl (C=O) groups excluding carboxylic acids is 1. The van der Waals surface area contributed by atoms with Crippen LogP contribution in [-0.2, 0) is 4.79 Å². The fourth-order valence-corrected chi connectivity index (χ4v) is 1.51. The van der Waals surface area contributed by atoms with Crippen molar-refractivity contribution in [3.8, 4) is 0 Å². The van der Waals surface area contributed by atoms with Gasteiger partial charge in [-0.2, -0.15) is 0 Å². The molecule has 1 aromatic heterocycles. The lowest BCUT2D eigenvalue weighted by Gasteiger charge is -2.05. The average molecular weight is 215 g/mol. The van der Waals surface area contributed by atoms with Gasteiger partial charge in [0, 0.05) is 30.2 Å². The fourth-order valence-electron chi connectivity index (χ4n) is 1.51. The van der Waals surface area contributed by atoms with Crippen molar-refractivity contribution in [1.29, 1.82) is 0 Å². The SMILES string of the molecule is NCCC(=O)Nc1ccc2ncccc2c1. The predicted molar refractivity (Wildman–Crippen MR) is 64.0 cm³/mol. The molecule has 0 bridgehead atoms. The van der Waals surface area contributed by atoms with Crippen molar-refractivity contribution >= 4 is 22.5 Å². The third-order valence-corrected chi connectivity index (χ3v) is 2.26. The lowest BCUT2D eigenvalue weighted by molar-refractivity contribution is -0.116. The predicted octanol–water partition coefficient (Wildman–Crippen LogP) is 1.52. The number of nitrogens with one attached hydrogen (secondary N) is 1. The number of anilines is 1. The van der Waals surface area contributed by atoms with E-state index in [0.717, 1.165) is 16.6 Å². The Kier molecular flexibility index (Phi) is 3.12. The zero-order valence-corrected chi connectivity index (χ0v) is 8.81. The Morgan fingerprint density at radius 2 is 2.25 bits per heavy atom. The van der Waals surface area contributed by atoms with Crippen molar-refractivity contribution in [3.05, 3.63) is 36.5 Å². The van der Waals surface area contributed by atoms with Gasteiger partial charge in [0.2, 0.25) is 5.91 Å². The summed E-state index contributed by atoms with van der Waals surface area (Å²) in [7, 11) is 0. The lowest BCUT2D eigenvalue weighted by atomic mass is 10.2. The number of hydrogen-bond donors (Lipinski definition) is 2. The van der Waals surface area contributed by atoms with Crippen LogP contribution in [0, 0.1) is 0 Å². The molecular formula is C12H13N3O. The molecule has 2 rings (SSSR count). The third kappa shape index (κ3) is 2.35. The first-order valence-corrected chi connectivity index (χ1v) is 5.14. The fraction of sp³-hybridized carbons (Fsp3) is 0.167. The maximum atomic E-state index is 11.3. The first-order chi connectivity index (χ1) is 7.79. The van der Waals surface area contributed by atoms with Crippen LogP contribution in [0.5, 0.6) is 0 Å². The molecule has 0 radical (unpaired) electrons. The number of carbonyl (C=O) groups is 1. The van der Waals surface area contributed by atoms with Crippen molar-refractivity contribution in [1.82, 2.24) is 4.98 Å². The van der Waals surface area contributed by atoms with E-state index in [-0.39, 0.29) is 5.91 Å². The Balaban J connectivity index is 2.22. The Morgan fingerprint density at radius 3 is 3.06 bits per heavy atom. The van der Waals surface area contributed by atoms with E-state index in [0.29, 0.717) is 13.0 Å². The molecule has 0 saturated heterocycles. The number of rotatable bonds is 3. The first kappa shape index (κ1) is 10.6. The van der Waals surface area contributed by atoms with E-state index in [4.69, 9.17) is 5.73 Å². The lowest BCUT2D eigenvalue weighted by Crippen LogP contribution is -2.16. The van der Waals surface area contributed by atoms with Crippen LogP contribution < -0.4 is 11.1 Å². The summed E-state index contributed by atoms with van der Waals surface area (Å²) in [6.45, 7) is 0.362. The molecule has 0 aliphatic rings. The van der Waals surface area contributed by atoms with Crippen LogP contribution in [0.2, 0.25) is 0 Å².